The summed E-state index contributed by atoms with van der Waals surface area (Å²) in [5, 5.41) is 20.4. The van der Waals surface area contributed by atoms with Crippen LogP contribution in [0.1, 0.15) is 12.5 Å². The third kappa shape index (κ3) is 4.68. The van der Waals surface area contributed by atoms with Gasteiger partial charge in [0.1, 0.15) is 5.82 Å². The van der Waals surface area contributed by atoms with Crippen molar-refractivity contribution in [1.29, 1.82) is 5.26 Å². The van der Waals surface area contributed by atoms with Gasteiger partial charge in [-0.2, -0.15) is 5.26 Å². The number of amides is 1. The van der Waals surface area contributed by atoms with Gasteiger partial charge in [-0.3, -0.25) is 9.36 Å². The van der Waals surface area contributed by atoms with E-state index in [1.807, 2.05) is 41.0 Å². The summed E-state index contributed by atoms with van der Waals surface area (Å²) in [5.41, 5.74) is 2.67. The number of benzene rings is 3. The molecule has 158 valence electrons. The molecular weight excluding hydrogens is 425 g/mol. The maximum Gasteiger partial charge on any atom is 0.237 e. The molecule has 8 heteroatoms. The third-order valence-corrected chi connectivity index (χ3v) is 5.73. The van der Waals surface area contributed by atoms with E-state index in [9.17, 15) is 9.18 Å². The molecule has 0 aliphatic carbocycles. The fourth-order valence-electron chi connectivity index (χ4n) is 3.03. The molecule has 1 N–H and O–H groups in total. The number of nitrogens with zero attached hydrogens (tertiary/aromatic N) is 4. The topological polar surface area (TPSA) is 83.6 Å². The molecule has 1 atom stereocenters. The van der Waals surface area contributed by atoms with Crippen molar-refractivity contribution in [3.63, 3.8) is 0 Å². The average molecular weight is 444 g/mol. The number of carbonyl (C=O) groups excluding carboxylic acids is 1. The van der Waals surface area contributed by atoms with Crippen LogP contribution in [0.3, 0.4) is 0 Å². The normalized spacial score (nSPS) is 11.5. The Balaban J connectivity index is 1.61. The van der Waals surface area contributed by atoms with Gasteiger partial charge in [-0.1, -0.05) is 42.1 Å². The number of carbonyl (C=O) groups is 1. The molecule has 0 saturated carbocycles. The summed E-state index contributed by atoms with van der Waals surface area (Å²) >= 11 is 1.25. The molecule has 1 heterocycles. The SMILES string of the molecule is CC(Sc1nnc(-c2ccccc2)n1-c1ccc(F)cc1)C(=O)Nc1ccc(C#N)cc1. The summed E-state index contributed by atoms with van der Waals surface area (Å²) in [6.07, 6.45) is 0. The third-order valence-electron chi connectivity index (χ3n) is 4.68. The Kier molecular flexibility index (Phi) is 6.29. The first-order valence-corrected chi connectivity index (χ1v) is 10.7. The molecule has 1 unspecified atom stereocenters. The molecule has 3 aromatic carbocycles. The zero-order valence-corrected chi connectivity index (χ0v) is 17.9. The molecule has 0 fully saturated rings. The monoisotopic (exact) mass is 443 g/mol. The fraction of sp³-hybridized carbons (Fsp3) is 0.0833. The van der Waals surface area contributed by atoms with Crippen LogP contribution in [0.2, 0.25) is 0 Å². The van der Waals surface area contributed by atoms with Crippen LogP contribution in [0.5, 0.6) is 0 Å². The second-order valence-electron chi connectivity index (χ2n) is 6.92. The van der Waals surface area contributed by atoms with E-state index in [-0.39, 0.29) is 11.7 Å². The number of halogens is 1. The highest BCUT2D eigenvalue weighted by Crippen LogP contribution is 2.30. The summed E-state index contributed by atoms with van der Waals surface area (Å²) < 4.78 is 15.3. The van der Waals surface area contributed by atoms with E-state index in [2.05, 4.69) is 15.5 Å². The van der Waals surface area contributed by atoms with Crippen molar-refractivity contribution >= 4 is 23.4 Å². The largest absolute Gasteiger partial charge is 0.325 e. The van der Waals surface area contributed by atoms with Gasteiger partial charge in [0.25, 0.3) is 0 Å². The van der Waals surface area contributed by atoms with Gasteiger partial charge < -0.3 is 5.32 Å². The van der Waals surface area contributed by atoms with E-state index in [4.69, 9.17) is 5.26 Å². The van der Waals surface area contributed by atoms with Crippen molar-refractivity contribution < 1.29 is 9.18 Å². The number of nitrogens with one attached hydrogen (secondary N) is 1. The quantitative estimate of drug-likeness (QED) is 0.421. The Bertz CT molecular complexity index is 1260. The Morgan fingerprint density at radius 1 is 1.03 bits per heavy atom. The van der Waals surface area contributed by atoms with Gasteiger partial charge in [-0.15, -0.1) is 10.2 Å². The van der Waals surface area contributed by atoms with Crippen molar-refractivity contribution in [3.8, 4) is 23.1 Å². The van der Waals surface area contributed by atoms with E-state index < -0.39 is 5.25 Å². The zero-order chi connectivity index (χ0) is 22.5. The second kappa shape index (κ2) is 9.45. The predicted octanol–water partition coefficient (Wildman–Crippen LogP) is 5.06. The van der Waals surface area contributed by atoms with Gasteiger partial charge in [0.2, 0.25) is 5.91 Å². The van der Waals surface area contributed by atoms with Crippen LogP contribution in [0.15, 0.2) is 84.0 Å². The first-order chi connectivity index (χ1) is 15.5. The van der Waals surface area contributed by atoms with Gasteiger partial charge in [0.15, 0.2) is 11.0 Å². The second-order valence-corrected chi connectivity index (χ2v) is 8.23. The number of hydrogen-bond acceptors (Lipinski definition) is 5. The van der Waals surface area contributed by atoms with Gasteiger partial charge in [-0.25, -0.2) is 4.39 Å². The number of hydrogen-bond donors (Lipinski definition) is 1. The van der Waals surface area contributed by atoms with Crippen LogP contribution >= 0.6 is 11.8 Å². The molecule has 0 spiro atoms. The molecular formula is C24H18FN5OS. The Hall–Kier alpha value is -3.96. The van der Waals surface area contributed by atoms with E-state index in [1.54, 1.807) is 43.3 Å². The number of aromatic nitrogens is 3. The molecule has 1 amide bonds. The molecule has 0 radical (unpaired) electrons. The number of anilines is 1. The molecule has 1 aromatic heterocycles. The molecule has 0 aliphatic rings. The molecule has 0 bridgehead atoms. The molecule has 4 aromatic rings. The summed E-state index contributed by atoms with van der Waals surface area (Å²) in [5.74, 6) is 0.0430. The van der Waals surface area contributed by atoms with Crippen LogP contribution in [-0.4, -0.2) is 25.9 Å². The lowest BCUT2D eigenvalue weighted by molar-refractivity contribution is -0.115. The van der Waals surface area contributed by atoms with Gasteiger partial charge in [0.05, 0.1) is 16.9 Å². The molecule has 0 saturated heterocycles. The van der Waals surface area contributed by atoms with Crippen molar-refractivity contribution in [2.45, 2.75) is 17.3 Å². The first kappa shape index (κ1) is 21.3. The standard InChI is InChI=1S/C24H18FN5OS/c1-16(23(31)27-20-11-7-17(15-26)8-12-20)32-24-29-28-22(18-5-3-2-4-6-18)30(24)21-13-9-19(25)10-14-21/h2-14,16H,1H3,(H,27,31). The Labute approximate surface area is 188 Å². The van der Waals surface area contributed by atoms with Crippen LogP contribution in [0, 0.1) is 17.1 Å². The lowest BCUT2D eigenvalue weighted by Gasteiger charge is -2.14. The van der Waals surface area contributed by atoms with Crippen molar-refractivity contribution in [2.75, 3.05) is 5.32 Å². The maximum atomic E-state index is 13.5. The molecule has 32 heavy (non-hydrogen) atoms. The number of nitriles is 1. The molecule has 4 rings (SSSR count). The van der Waals surface area contributed by atoms with Gasteiger partial charge in [-0.05, 0) is 55.5 Å². The minimum absolute atomic E-state index is 0.213. The highest BCUT2D eigenvalue weighted by molar-refractivity contribution is 8.00. The highest BCUT2D eigenvalue weighted by Gasteiger charge is 2.22. The number of thioether (sulfide) groups is 1. The minimum Gasteiger partial charge on any atom is -0.325 e. The minimum atomic E-state index is -0.488. The van der Waals surface area contributed by atoms with Crippen LogP contribution in [0.4, 0.5) is 10.1 Å². The highest BCUT2D eigenvalue weighted by atomic mass is 32.2. The lowest BCUT2D eigenvalue weighted by atomic mass is 10.2. The lowest BCUT2D eigenvalue weighted by Crippen LogP contribution is -2.22. The Morgan fingerprint density at radius 2 is 1.72 bits per heavy atom. The van der Waals surface area contributed by atoms with Crippen molar-refractivity contribution in [1.82, 2.24) is 14.8 Å². The van der Waals surface area contributed by atoms with Crippen molar-refractivity contribution in [2.24, 2.45) is 0 Å². The van der Waals surface area contributed by atoms with Crippen molar-refractivity contribution in [3.05, 3.63) is 90.2 Å². The van der Waals surface area contributed by atoms with Gasteiger partial charge in [0, 0.05) is 16.9 Å². The summed E-state index contributed by atoms with van der Waals surface area (Å²) in [6.45, 7) is 1.77. The summed E-state index contributed by atoms with van der Waals surface area (Å²) in [7, 11) is 0. The van der Waals surface area contributed by atoms with Crippen LogP contribution in [-0.2, 0) is 4.79 Å². The van der Waals surface area contributed by atoms with Crippen LogP contribution < -0.4 is 5.32 Å². The summed E-state index contributed by atoms with van der Waals surface area (Å²) in [4.78, 5) is 12.7. The predicted molar refractivity (Wildman–Crippen MR) is 122 cm³/mol. The fourth-order valence-corrected chi connectivity index (χ4v) is 3.89. The summed E-state index contributed by atoms with van der Waals surface area (Å²) in [6, 6.07) is 24.3. The smallest absolute Gasteiger partial charge is 0.237 e. The average Bonchev–Trinajstić information content (AvgIpc) is 3.24. The first-order valence-electron chi connectivity index (χ1n) is 9.79. The Morgan fingerprint density at radius 3 is 2.38 bits per heavy atom. The molecule has 6 nitrogen and oxygen atoms in total. The number of rotatable bonds is 6. The van der Waals surface area contributed by atoms with E-state index in [0.29, 0.717) is 27.9 Å². The maximum absolute atomic E-state index is 13.5. The van der Waals surface area contributed by atoms with E-state index >= 15 is 0 Å². The molecule has 0 aliphatic heterocycles. The van der Waals surface area contributed by atoms with E-state index in [1.165, 1.54) is 23.9 Å². The zero-order valence-electron chi connectivity index (χ0n) is 17.1. The van der Waals surface area contributed by atoms with E-state index in [0.717, 1.165) is 5.56 Å². The van der Waals surface area contributed by atoms with Crippen LogP contribution in [0.25, 0.3) is 17.1 Å². The van der Waals surface area contributed by atoms with Gasteiger partial charge >= 0.3 is 0 Å².